The van der Waals surface area contributed by atoms with Crippen molar-refractivity contribution in [3.8, 4) is 0 Å². The van der Waals surface area contributed by atoms with Gasteiger partial charge in [-0.3, -0.25) is 5.26 Å². The van der Waals surface area contributed by atoms with Gasteiger partial charge in [0.2, 0.25) is 0 Å². The SMILES string of the molecule is CCOC(=O)c1cc(COO)oc1C. The highest BCUT2D eigenvalue weighted by Gasteiger charge is 2.15. The van der Waals surface area contributed by atoms with E-state index in [0.29, 0.717) is 23.7 Å². The Balaban J connectivity index is 2.81. The molecule has 0 spiro atoms. The Hall–Kier alpha value is -1.33. The second-order valence-corrected chi connectivity index (χ2v) is 2.68. The minimum atomic E-state index is -0.432. The van der Waals surface area contributed by atoms with Gasteiger partial charge in [0.25, 0.3) is 0 Å². The van der Waals surface area contributed by atoms with Crippen molar-refractivity contribution in [1.82, 2.24) is 0 Å². The van der Waals surface area contributed by atoms with Crippen LogP contribution in [0.15, 0.2) is 10.5 Å². The zero-order chi connectivity index (χ0) is 10.6. The molecular weight excluding hydrogens is 188 g/mol. The van der Waals surface area contributed by atoms with Crippen molar-refractivity contribution in [2.24, 2.45) is 0 Å². The molecule has 0 aliphatic carbocycles. The van der Waals surface area contributed by atoms with Gasteiger partial charge in [0.1, 0.15) is 23.7 Å². The molecule has 5 nitrogen and oxygen atoms in total. The number of carbonyl (C=O) groups is 1. The second-order valence-electron chi connectivity index (χ2n) is 2.68. The van der Waals surface area contributed by atoms with E-state index in [9.17, 15) is 4.79 Å². The molecule has 0 radical (unpaired) electrons. The highest BCUT2D eigenvalue weighted by Crippen LogP contribution is 2.16. The molecule has 0 bridgehead atoms. The highest BCUT2D eigenvalue weighted by atomic mass is 17.1. The molecule has 78 valence electrons. The van der Waals surface area contributed by atoms with Crippen molar-refractivity contribution in [1.29, 1.82) is 0 Å². The predicted molar refractivity (Wildman–Crippen MR) is 46.8 cm³/mol. The van der Waals surface area contributed by atoms with Gasteiger partial charge in [-0.15, -0.1) is 0 Å². The fraction of sp³-hybridized carbons (Fsp3) is 0.444. The van der Waals surface area contributed by atoms with Crippen LogP contribution in [0.1, 0.15) is 28.8 Å². The molecule has 1 heterocycles. The van der Waals surface area contributed by atoms with E-state index in [2.05, 4.69) is 4.89 Å². The topological polar surface area (TPSA) is 68.9 Å². The molecule has 1 rings (SSSR count). The van der Waals surface area contributed by atoms with E-state index in [1.165, 1.54) is 6.07 Å². The summed E-state index contributed by atoms with van der Waals surface area (Å²) in [5, 5.41) is 8.19. The molecule has 0 saturated carbocycles. The van der Waals surface area contributed by atoms with Crippen LogP contribution in [0.5, 0.6) is 0 Å². The molecular formula is C9H12O5. The van der Waals surface area contributed by atoms with Crippen LogP contribution < -0.4 is 0 Å². The lowest BCUT2D eigenvalue weighted by atomic mass is 10.2. The van der Waals surface area contributed by atoms with Gasteiger partial charge in [0, 0.05) is 0 Å². The van der Waals surface area contributed by atoms with E-state index in [4.69, 9.17) is 14.4 Å². The number of aryl methyl sites for hydroxylation is 1. The third-order valence-electron chi connectivity index (χ3n) is 1.67. The molecule has 1 aromatic heterocycles. The van der Waals surface area contributed by atoms with Gasteiger partial charge in [0.15, 0.2) is 0 Å². The van der Waals surface area contributed by atoms with E-state index in [1.54, 1.807) is 13.8 Å². The smallest absolute Gasteiger partial charge is 0.341 e. The maximum absolute atomic E-state index is 11.3. The van der Waals surface area contributed by atoms with Gasteiger partial charge in [0.05, 0.1) is 6.61 Å². The normalized spacial score (nSPS) is 10.2. The lowest BCUT2D eigenvalue weighted by Crippen LogP contribution is -2.04. The van der Waals surface area contributed by atoms with Gasteiger partial charge < -0.3 is 9.15 Å². The van der Waals surface area contributed by atoms with Crippen LogP contribution >= 0.6 is 0 Å². The van der Waals surface area contributed by atoms with Gasteiger partial charge in [-0.2, -0.15) is 0 Å². The van der Waals surface area contributed by atoms with Gasteiger partial charge in [-0.05, 0) is 19.9 Å². The summed E-state index contributed by atoms with van der Waals surface area (Å²) in [6.07, 6.45) is 0. The molecule has 5 heteroatoms. The Kier molecular flexibility index (Phi) is 3.67. The number of hydrogen-bond donors (Lipinski definition) is 1. The third kappa shape index (κ3) is 2.34. The minimum Gasteiger partial charge on any atom is -0.463 e. The molecule has 1 N–H and O–H groups in total. The maximum atomic E-state index is 11.3. The molecule has 0 fully saturated rings. The summed E-state index contributed by atoms with van der Waals surface area (Å²) in [6, 6.07) is 1.49. The average molecular weight is 200 g/mol. The molecule has 0 atom stereocenters. The minimum absolute atomic E-state index is 0.0831. The lowest BCUT2D eigenvalue weighted by molar-refractivity contribution is -0.256. The van der Waals surface area contributed by atoms with Gasteiger partial charge >= 0.3 is 5.97 Å². The van der Waals surface area contributed by atoms with Crippen molar-refractivity contribution >= 4 is 5.97 Å². The molecule has 14 heavy (non-hydrogen) atoms. The Labute approximate surface area is 81.2 Å². The molecule has 0 aromatic carbocycles. The summed E-state index contributed by atoms with van der Waals surface area (Å²) in [5.41, 5.74) is 0.360. The van der Waals surface area contributed by atoms with Crippen LogP contribution in [0.4, 0.5) is 0 Å². The van der Waals surface area contributed by atoms with Gasteiger partial charge in [-0.1, -0.05) is 0 Å². The maximum Gasteiger partial charge on any atom is 0.341 e. The first-order chi connectivity index (χ1) is 6.69. The zero-order valence-electron chi connectivity index (χ0n) is 8.07. The van der Waals surface area contributed by atoms with Crippen molar-refractivity contribution in [3.63, 3.8) is 0 Å². The van der Waals surface area contributed by atoms with Crippen LogP contribution in [0.2, 0.25) is 0 Å². The largest absolute Gasteiger partial charge is 0.463 e. The van der Waals surface area contributed by atoms with E-state index in [1.807, 2.05) is 0 Å². The predicted octanol–water partition coefficient (Wildman–Crippen LogP) is 1.75. The quantitative estimate of drug-likeness (QED) is 0.455. The summed E-state index contributed by atoms with van der Waals surface area (Å²) in [6.45, 7) is 3.60. The zero-order valence-corrected chi connectivity index (χ0v) is 8.07. The molecule has 0 amide bonds. The standard InChI is InChI=1S/C9H12O5/c1-3-12-9(10)8-4-7(5-13-11)14-6(8)2/h4,11H,3,5H2,1-2H3. The van der Waals surface area contributed by atoms with Crippen molar-refractivity contribution < 1.29 is 24.1 Å². The summed E-state index contributed by atoms with van der Waals surface area (Å²) < 4.78 is 9.93. The number of furan rings is 1. The van der Waals surface area contributed by atoms with E-state index < -0.39 is 5.97 Å². The van der Waals surface area contributed by atoms with E-state index >= 15 is 0 Å². The van der Waals surface area contributed by atoms with Crippen LogP contribution in [0, 0.1) is 6.92 Å². The summed E-state index contributed by atoms with van der Waals surface area (Å²) in [7, 11) is 0. The van der Waals surface area contributed by atoms with Crippen LogP contribution in [0.25, 0.3) is 0 Å². The molecule has 0 aliphatic rings. The molecule has 0 aliphatic heterocycles. The Morgan fingerprint density at radius 2 is 2.36 bits per heavy atom. The van der Waals surface area contributed by atoms with Crippen LogP contribution in [-0.2, 0) is 16.2 Å². The number of esters is 1. The molecule has 1 aromatic rings. The first-order valence-electron chi connectivity index (χ1n) is 4.21. The third-order valence-corrected chi connectivity index (χ3v) is 1.67. The lowest BCUT2D eigenvalue weighted by Gasteiger charge is -1.97. The number of carbonyl (C=O) groups excluding carboxylic acids is 1. The number of ether oxygens (including phenoxy) is 1. The summed E-state index contributed by atoms with van der Waals surface area (Å²) in [5.74, 6) is 0.404. The first kappa shape index (κ1) is 10.7. The fourth-order valence-corrected chi connectivity index (χ4v) is 1.09. The Bertz CT molecular complexity index is 315. The number of rotatable bonds is 4. The van der Waals surface area contributed by atoms with Crippen molar-refractivity contribution in [3.05, 3.63) is 23.2 Å². The molecule has 0 saturated heterocycles. The van der Waals surface area contributed by atoms with Crippen molar-refractivity contribution in [2.45, 2.75) is 20.5 Å². The van der Waals surface area contributed by atoms with Crippen molar-refractivity contribution in [2.75, 3.05) is 6.61 Å². The number of hydrogen-bond acceptors (Lipinski definition) is 5. The summed E-state index contributed by atoms with van der Waals surface area (Å²) in [4.78, 5) is 15.2. The fourth-order valence-electron chi connectivity index (χ4n) is 1.09. The van der Waals surface area contributed by atoms with Gasteiger partial charge in [-0.25, -0.2) is 9.68 Å². The first-order valence-corrected chi connectivity index (χ1v) is 4.21. The van der Waals surface area contributed by atoms with Crippen LogP contribution in [-0.4, -0.2) is 17.8 Å². The Morgan fingerprint density at radius 3 is 2.93 bits per heavy atom. The molecule has 0 unspecified atom stereocenters. The Morgan fingerprint density at radius 1 is 1.64 bits per heavy atom. The van der Waals surface area contributed by atoms with E-state index in [-0.39, 0.29) is 6.61 Å². The average Bonchev–Trinajstić information content (AvgIpc) is 2.48. The second kappa shape index (κ2) is 4.78. The highest BCUT2D eigenvalue weighted by molar-refractivity contribution is 5.90. The van der Waals surface area contributed by atoms with Crippen LogP contribution in [0.3, 0.4) is 0 Å². The monoisotopic (exact) mass is 200 g/mol. The summed E-state index contributed by atoms with van der Waals surface area (Å²) >= 11 is 0. The van der Waals surface area contributed by atoms with E-state index in [0.717, 1.165) is 0 Å².